The molecule has 5 heteroatoms. The third-order valence-corrected chi connectivity index (χ3v) is 5.68. The molecule has 0 radical (unpaired) electrons. The molecule has 0 bridgehead atoms. The Kier molecular flexibility index (Phi) is 3.86. The monoisotopic (exact) mass is 339 g/mol. The molecule has 2 heterocycles. The number of amides is 1. The van der Waals surface area contributed by atoms with Crippen LogP contribution in [0, 0.1) is 5.92 Å². The SMILES string of the molecule is O=C([C@@H]1C[C@@H]1c1ccco1)N1CCC(C(=O)O)(c2ccccc2)CC1. The van der Waals surface area contributed by atoms with Gasteiger partial charge in [-0.3, -0.25) is 9.59 Å². The van der Waals surface area contributed by atoms with Gasteiger partial charge in [0.05, 0.1) is 11.7 Å². The van der Waals surface area contributed by atoms with E-state index >= 15 is 0 Å². The number of likely N-dealkylation sites (tertiary alicyclic amines) is 1. The van der Waals surface area contributed by atoms with Gasteiger partial charge in [0.1, 0.15) is 5.76 Å². The van der Waals surface area contributed by atoms with Crippen LogP contribution in [0.4, 0.5) is 0 Å². The first kappa shape index (κ1) is 15.9. The molecule has 1 aromatic carbocycles. The average molecular weight is 339 g/mol. The van der Waals surface area contributed by atoms with Crippen LogP contribution in [0.3, 0.4) is 0 Å². The summed E-state index contributed by atoms with van der Waals surface area (Å²) in [5, 5.41) is 9.84. The Hall–Kier alpha value is -2.56. The molecule has 0 spiro atoms. The number of benzene rings is 1. The van der Waals surface area contributed by atoms with Gasteiger partial charge in [-0.15, -0.1) is 0 Å². The smallest absolute Gasteiger partial charge is 0.314 e. The lowest BCUT2D eigenvalue weighted by atomic mass is 9.73. The maximum absolute atomic E-state index is 12.7. The van der Waals surface area contributed by atoms with Crippen LogP contribution in [0.1, 0.15) is 36.5 Å². The fraction of sp³-hybridized carbons (Fsp3) is 0.400. The Labute approximate surface area is 146 Å². The van der Waals surface area contributed by atoms with Gasteiger partial charge >= 0.3 is 5.97 Å². The van der Waals surface area contributed by atoms with E-state index in [4.69, 9.17) is 4.42 Å². The number of rotatable bonds is 4. The zero-order valence-electron chi connectivity index (χ0n) is 13.9. The number of carboxylic acid groups (broad SMARTS) is 1. The van der Waals surface area contributed by atoms with Gasteiger partial charge < -0.3 is 14.4 Å². The van der Waals surface area contributed by atoms with Gasteiger partial charge in [0.2, 0.25) is 5.91 Å². The summed E-state index contributed by atoms with van der Waals surface area (Å²) in [6, 6.07) is 13.1. The summed E-state index contributed by atoms with van der Waals surface area (Å²) in [6.07, 6.45) is 3.37. The highest BCUT2D eigenvalue weighted by atomic mass is 16.4. The zero-order chi connectivity index (χ0) is 17.4. The predicted octanol–water partition coefficient (Wildman–Crippen LogP) is 3.03. The van der Waals surface area contributed by atoms with Crippen molar-refractivity contribution in [2.75, 3.05) is 13.1 Å². The molecule has 1 aromatic heterocycles. The van der Waals surface area contributed by atoms with Gasteiger partial charge in [-0.2, -0.15) is 0 Å². The number of carbonyl (C=O) groups is 2. The minimum absolute atomic E-state index is 0.0137. The van der Waals surface area contributed by atoms with Gasteiger partial charge in [0, 0.05) is 24.9 Å². The second-order valence-electron chi connectivity index (χ2n) is 7.04. The maximum Gasteiger partial charge on any atom is 0.314 e. The van der Waals surface area contributed by atoms with Crippen molar-refractivity contribution in [3.8, 4) is 0 Å². The first-order chi connectivity index (χ1) is 12.1. The normalized spacial score (nSPS) is 24.7. The lowest BCUT2D eigenvalue weighted by Gasteiger charge is -2.39. The molecule has 2 atom stereocenters. The van der Waals surface area contributed by atoms with Crippen molar-refractivity contribution in [3.05, 3.63) is 60.1 Å². The first-order valence-corrected chi connectivity index (χ1v) is 8.73. The summed E-state index contributed by atoms with van der Waals surface area (Å²) in [7, 11) is 0. The summed E-state index contributed by atoms with van der Waals surface area (Å²) in [5.74, 6) is 0.377. The molecular formula is C20H21NO4. The second kappa shape index (κ2) is 6.06. The van der Waals surface area contributed by atoms with Crippen molar-refractivity contribution in [2.24, 2.45) is 5.92 Å². The molecule has 2 aromatic rings. The van der Waals surface area contributed by atoms with E-state index in [0.29, 0.717) is 25.9 Å². The van der Waals surface area contributed by atoms with Crippen molar-refractivity contribution < 1.29 is 19.1 Å². The fourth-order valence-corrected chi connectivity index (χ4v) is 4.01. The van der Waals surface area contributed by atoms with Crippen LogP contribution in [0.25, 0.3) is 0 Å². The predicted molar refractivity (Wildman–Crippen MR) is 91.1 cm³/mol. The second-order valence-corrected chi connectivity index (χ2v) is 7.04. The number of piperidine rings is 1. The van der Waals surface area contributed by atoms with E-state index in [1.54, 1.807) is 6.26 Å². The summed E-state index contributed by atoms with van der Waals surface area (Å²) in [4.78, 5) is 26.5. The summed E-state index contributed by atoms with van der Waals surface area (Å²) in [6.45, 7) is 0.975. The van der Waals surface area contributed by atoms with Crippen molar-refractivity contribution in [1.82, 2.24) is 4.90 Å². The van der Waals surface area contributed by atoms with Gasteiger partial charge in [-0.25, -0.2) is 0 Å². The third-order valence-electron chi connectivity index (χ3n) is 5.68. The maximum atomic E-state index is 12.7. The van der Waals surface area contributed by atoms with Crippen LogP contribution >= 0.6 is 0 Å². The summed E-state index contributed by atoms with van der Waals surface area (Å²) < 4.78 is 5.40. The van der Waals surface area contributed by atoms with Crippen LogP contribution in [-0.2, 0) is 15.0 Å². The molecule has 2 aliphatic rings. The topological polar surface area (TPSA) is 70.8 Å². The molecule has 2 fully saturated rings. The van der Waals surface area contributed by atoms with E-state index in [9.17, 15) is 14.7 Å². The van der Waals surface area contributed by atoms with Crippen LogP contribution in [0.5, 0.6) is 0 Å². The zero-order valence-corrected chi connectivity index (χ0v) is 13.9. The van der Waals surface area contributed by atoms with Crippen molar-refractivity contribution >= 4 is 11.9 Å². The Morgan fingerprint density at radius 2 is 1.80 bits per heavy atom. The molecule has 1 saturated carbocycles. The van der Waals surface area contributed by atoms with E-state index in [-0.39, 0.29) is 17.7 Å². The van der Waals surface area contributed by atoms with Crippen LogP contribution < -0.4 is 0 Å². The average Bonchev–Trinajstić information content (AvgIpc) is 3.26. The lowest BCUT2D eigenvalue weighted by molar-refractivity contribution is -0.148. The third kappa shape index (κ3) is 2.73. The highest BCUT2D eigenvalue weighted by Gasteiger charge is 2.50. The Bertz CT molecular complexity index is 760. The largest absolute Gasteiger partial charge is 0.481 e. The van der Waals surface area contributed by atoms with E-state index in [1.165, 1.54) is 0 Å². The number of hydrogen-bond donors (Lipinski definition) is 1. The van der Waals surface area contributed by atoms with Crippen LogP contribution in [0.2, 0.25) is 0 Å². The molecule has 25 heavy (non-hydrogen) atoms. The number of nitrogens with zero attached hydrogens (tertiary/aromatic N) is 1. The quantitative estimate of drug-likeness (QED) is 0.929. The Balaban J connectivity index is 1.44. The minimum atomic E-state index is -0.887. The fourth-order valence-electron chi connectivity index (χ4n) is 4.01. The van der Waals surface area contributed by atoms with Crippen molar-refractivity contribution in [1.29, 1.82) is 0 Å². The van der Waals surface area contributed by atoms with Gasteiger partial charge in [-0.05, 0) is 37.0 Å². The van der Waals surface area contributed by atoms with Gasteiger partial charge in [0.15, 0.2) is 0 Å². The van der Waals surface area contributed by atoms with Crippen LogP contribution in [-0.4, -0.2) is 35.0 Å². The number of carboxylic acids is 1. The molecule has 1 aliphatic carbocycles. The highest BCUT2D eigenvalue weighted by Crippen LogP contribution is 2.49. The van der Waals surface area contributed by atoms with E-state index in [2.05, 4.69) is 0 Å². The van der Waals surface area contributed by atoms with Gasteiger partial charge in [0.25, 0.3) is 0 Å². The van der Waals surface area contributed by atoms with E-state index < -0.39 is 11.4 Å². The molecule has 4 rings (SSSR count). The van der Waals surface area contributed by atoms with Crippen molar-refractivity contribution in [2.45, 2.75) is 30.6 Å². The minimum Gasteiger partial charge on any atom is -0.481 e. The number of hydrogen-bond acceptors (Lipinski definition) is 3. The van der Waals surface area contributed by atoms with E-state index in [1.807, 2.05) is 47.4 Å². The lowest BCUT2D eigenvalue weighted by Crippen LogP contribution is -2.49. The number of carbonyl (C=O) groups excluding carboxylic acids is 1. The highest BCUT2D eigenvalue weighted by molar-refractivity contribution is 5.85. The number of furan rings is 1. The van der Waals surface area contributed by atoms with Gasteiger partial charge in [-0.1, -0.05) is 30.3 Å². The summed E-state index contributed by atoms with van der Waals surface area (Å²) >= 11 is 0. The molecule has 0 unspecified atom stereocenters. The first-order valence-electron chi connectivity index (χ1n) is 8.73. The molecule has 1 N–H and O–H groups in total. The molecule has 130 valence electrons. The standard InChI is InChI=1S/C20H21NO4/c22-18(16-13-15(16)17-7-4-12-25-17)21-10-8-20(9-11-21,19(23)24)14-5-2-1-3-6-14/h1-7,12,15-16H,8-11,13H2,(H,23,24)/t15-,16+/m0/s1. The Morgan fingerprint density at radius 1 is 1.08 bits per heavy atom. The molecule has 1 aliphatic heterocycles. The Morgan fingerprint density at radius 3 is 2.40 bits per heavy atom. The molecule has 5 nitrogen and oxygen atoms in total. The summed E-state index contributed by atoms with van der Waals surface area (Å²) in [5.41, 5.74) is -0.0587. The van der Waals surface area contributed by atoms with Crippen LogP contribution in [0.15, 0.2) is 53.1 Å². The molecular weight excluding hydrogens is 318 g/mol. The molecule has 1 amide bonds. The van der Waals surface area contributed by atoms with E-state index in [0.717, 1.165) is 17.7 Å². The molecule has 1 saturated heterocycles. The van der Waals surface area contributed by atoms with Crippen molar-refractivity contribution in [3.63, 3.8) is 0 Å². The number of aliphatic carboxylic acids is 1.